The number of pyridine rings is 1. The Kier molecular flexibility index (Phi) is 4.12. The molecular formula is C17H23N3O3. The van der Waals surface area contributed by atoms with Gasteiger partial charge in [0.15, 0.2) is 0 Å². The van der Waals surface area contributed by atoms with E-state index in [1.54, 1.807) is 29.6 Å². The predicted octanol–water partition coefficient (Wildman–Crippen LogP) is 0.221. The van der Waals surface area contributed by atoms with Crippen LogP contribution in [-0.2, 0) is 11.3 Å². The van der Waals surface area contributed by atoms with E-state index in [9.17, 15) is 14.7 Å². The fourth-order valence-electron chi connectivity index (χ4n) is 3.84. The number of aromatic nitrogens is 1. The molecule has 2 aliphatic rings. The lowest BCUT2D eigenvalue weighted by molar-refractivity contribution is -0.132. The summed E-state index contributed by atoms with van der Waals surface area (Å²) < 4.78 is 1.77. The Morgan fingerprint density at radius 3 is 2.83 bits per heavy atom. The second-order valence-electron chi connectivity index (χ2n) is 6.49. The molecule has 2 N–H and O–H groups in total. The number of nitrogens with one attached hydrogen (secondary N) is 1. The molecule has 1 amide bonds. The summed E-state index contributed by atoms with van der Waals surface area (Å²) >= 11 is 0. The van der Waals surface area contributed by atoms with Crippen molar-refractivity contribution in [2.45, 2.75) is 25.6 Å². The van der Waals surface area contributed by atoms with Gasteiger partial charge < -0.3 is 14.6 Å². The van der Waals surface area contributed by atoms with Crippen molar-refractivity contribution in [2.24, 2.45) is 11.8 Å². The van der Waals surface area contributed by atoms with Crippen molar-refractivity contribution < 1.29 is 9.90 Å². The lowest BCUT2D eigenvalue weighted by Crippen LogP contribution is -2.45. The SMILES string of the molecule is C/C=C/c1ccc2n(c1=O)C[C@@H]1[C@@H](CO)[C@H](C(=O)N(C)C)N[C@H]21. The molecule has 23 heavy (non-hydrogen) atoms. The first kappa shape index (κ1) is 16.0. The second-order valence-corrected chi connectivity index (χ2v) is 6.49. The van der Waals surface area contributed by atoms with E-state index >= 15 is 0 Å². The quantitative estimate of drug-likeness (QED) is 0.836. The van der Waals surface area contributed by atoms with Crippen molar-refractivity contribution in [2.75, 3.05) is 20.7 Å². The van der Waals surface area contributed by atoms with E-state index in [1.807, 2.05) is 25.1 Å². The number of rotatable bonds is 3. The van der Waals surface area contributed by atoms with Crippen LogP contribution in [0.3, 0.4) is 0 Å². The normalized spacial score (nSPS) is 28.9. The van der Waals surface area contributed by atoms with E-state index in [-0.39, 0.29) is 36.0 Å². The third kappa shape index (κ3) is 2.42. The van der Waals surface area contributed by atoms with Gasteiger partial charge >= 0.3 is 0 Å². The van der Waals surface area contributed by atoms with Gasteiger partial charge in [0.05, 0.1) is 12.1 Å². The summed E-state index contributed by atoms with van der Waals surface area (Å²) in [5.41, 5.74) is 1.56. The lowest BCUT2D eigenvalue weighted by Gasteiger charge is -2.23. The van der Waals surface area contributed by atoms with Gasteiger partial charge in [-0.1, -0.05) is 12.2 Å². The van der Waals surface area contributed by atoms with E-state index in [4.69, 9.17) is 0 Å². The molecule has 6 nitrogen and oxygen atoms in total. The highest BCUT2D eigenvalue weighted by Crippen LogP contribution is 2.42. The minimum Gasteiger partial charge on any atom is -0.396 e. The highest BCUT2D eigenvalue weighted by Gasteiger charge is 2.50. The summed E-state index contributed by atoms with van der Waals surface area (Å²) in [4.78, 5) is 26.4. The average Bonchev–Trinajstić information content (AvgIpc) is 3.05. The molecule has 1 fully saturated rings. The molecule has 0 aliphatic carbocycles. The number of carbonyl (C=O) groups is 1. The molecule has 1 aromatic rings. The van der Waals surface area contributed by atoms with Crippen LogP contribution in [0.1, 0.15) is 24.2 Å². The van der Waals surface area contributed by atoms with Gasteiger partial charge in [-0.25, -0.2) is 0 Å². The van der Waals surface area contributed by atoms with Crippen molar-refractivity contribution in [1.82, 2.24) is 14.8 Å². The third-order valence-corrected chi connectivity index (χ3v) is 4.98. The standard InChI is InChI=1S/C17H23N3O3/c1-4-5-10-6-7-13-14-11(8-20(13)16(10)22)12(9-21)15(18-14)17(23)19(2)3/h4-7,11-12,14-15,18,21H,8-9H2,1-3H3/b5-4+/t11-,12-,14+,15-/m1/s1. The summed E-state index contributed by atoms with van der Waals surface area (Å²) in [6.07, 6.45) is 3.65. The van der Waals surface area contributed by atoms with Crippen LogP contribution < -0.4 is 10.9 Å². The molecule has 0 radical (unpaired) electrons. The number of carbonyl (C=O) groups excluding carboxylic acids is 1. The number of likely N-dealkylation sites (N-methyl/N-ethyl adjacent to an activating group) is 1. The number of hydrogen-bond acceptors (Lipinski definition) is 4. The summed E-state index contributed by atoms with van der Waals surface area (Å²) in [6, 6.07) is 3.32. The third-order valence-electron chi connectivity index (χ3n) is 4.98. The number of fused-ring (bicyclic) bond motifs is 3. The van der Waals surface area contributed by atoms with Crippen molar-refractivity contribution in [3.63, 3.8) is 0 Å². The number of hydrogen-bond donors (Lipinski definition) is 2. The molecule has 6 heteroatoms. The first-order chi connectivity index (χ1) is 11.0. The minimum atomic E-state index is -0.399. The van der Waals surface area contributed by atoms with E-state index in [2.05, 4.69) is 5.32 Å². The number of aliphatic hydroxyl groups is 1. The zero-order valence-corrected chi connectivity index (χ0v) is 13.7. The number of nitrogens with zero attached hydrogens (tertiary/aromatic N) is 2. The molecule has 0 unspecified atom stereocenters. The Balaban J connectivity index is 1.97. The second kappa shape index (κ2) is 5.94. The van der Waals surface area contributed by atoms with E-state index in [1.165, 1.54) is 0 Å². The summed E-state index contributed by atoms with van der Waals surface area (Å²) in [5.74, 6) is -0.153. The first-order valence-electron chi connectivity index (χ1n) is 7.94. The molecule has 0 spiro atoms. The average molecular weight is 317 g/mol. The minimum absolute atomic E-state index is 0.0102. The van der Waals surface area contributed by atoms with E-state index < -0.39 is 6.04 Å². The molecular weight excluding hydrogens is 294 g/mol. The van der Waals surface area contributed by atoms with Gasteiger partial charge in [-0.15, -0.1) is 0 Å². The Morgan fingerprint density at radius 1 is 1.48 bits per heavy atom. The lowest BCUT2D eigenvalue weighted by atomic mass is 9.88. The van der Waals surface area contributed by atoms with Crippen molar-refractivity contribution in [3.8, 4) is 0 Å². The van der Waals surface area contributed by atoms with Gasteiger partial charge in [0, 0.05) is 50.3 Å². The van der Waals surface area contributed by atoms with Gasteiger partial charge in [0.25, 0.3) is 5.56 Å². The Bertz CT molecular complexity index is 708. The topological polar surface area (TPSA) is 74.6 Å². The zero-order valence-electron chi connectivity index (χ0n) is 13.7. The van der Waals surface area contributed by atoms with Crippen LogP contribution in [-0.4, -0.2) is 47.2 Å². The fourth-order valence-corrected chi connectivity index (χ4v) is 3.84. The maximum Gasteiger partial charge on any atom is 0.258 e. The molecule has 1 aromatic heterocycles. The van der Waals surface area contributed by atoms with E-state index in [0.717, 1.165) is 5.69 Å². The maximum atomic E-state index is 12.5. The van der Waals surface area contributed by atoms with Crippen molar-refractivity contribution in [3.05, 3.63) is 39.8 Å². The smallest absolute Gasteiger partial charge is 0.258 e. The first-order valence-corrected chi connectivity index (χ1v) is 7.94. The summed E-state index contributed by atoms with van der Waals surface area (Å²) in [5, 5.41) is 13.1. The van der Waals surface area contributed by atoms with E-state index in [0.29, 0.717) is 12.1 Å². The van der Waals surface area contributed by atoms with Gasteiger partial charge in [-0.3, -0.25) is 14.9 Å². The molecule has 3 rings (SSSR count). The van der Waals surface area contributed by atoms with Gasteiger partial charge in [0.1, 0.15) is 0 Å². The monoisotopic (exact) mass is 317 g/mol. The van der Waals surface area contributed by atoms with Crippen LogP contribution in [0.5, 0.6) is 0 Å². The van der Waals surface area contributed by atoms with Crippen molar-refractivity contribution >= 4 is 12.0 Å². The molecule has 1 saturated heterocycles. The molecule has 3 heterocycles. The van der Waals surface area contributed by atoms with Gasteiger partial charge in [0.2, 0.25) is 5.91 Å². The molecule has 2 aliphatic heterocycles. The van der Waals surface area contributed by atoms with Gasteiger partial charge in [-0.05, 0) is 19.1 Å². The molecule has 124 valence electrons. The van der Waals surface area contributed by atoms with Crippen LogP contribution in [0, 0.1) is 11.8 Å². The number of allylic oxidation sites excluding steroid dienone is 1. The molecule has 0 aromatic carbocycles. The molecule has 4 atom stereocenters. The van der Waals surface area contributed by atoms with Crippen LogP contribution >= 0.6 is 0 Å². The number of amides is 1. The zero-order chi connectivity index (χ0) is 16.7. The Hall–Kier alpha value is -1.92. The van der Waals surface area contributed by atoms with Crippen LogP contribution in [0.15, 0.2) is 23.0 Å². The predicted molar refractivity (Wildman–Crippen MR) is 87.8 cm³/mol. The Labute approximate surface area is 135 Å². The highest BCUT2D eigenvalue weighted by atomic mass is 16.3. The van der Waals surface area contributed by atoms with Crippen LogP contribution in [0.2, 0.25) is 0 Å². The summed E-state index contributed by atoms with van der Waals surface area (Å²) in [6.45, 7) is 2.36. The Morgan fingerprint density at radius 2 is 2.22 bits per heavy atom. The van der Waals surface area contributed by atoms with Gasteiger partial charge in [-0.2, -0.15) is 0 Å². The van der Waals surface area contributed by atoms with Crippen molar-refractivity contribution in [1.29, 1.82) is 0 Å². The van der Waals surface area contributed by atoms with Crippen LogP contribution in [0.25, 0.3) is 6.08 Å². The highest BCUT2D eigenvalue weighted by molar-refractivity contribution is 5.82. The maximum absolute atomic E-state index is 12.5. The largest absolute Gasteiger partial charge is 0.396 e. The molecule has 0 bridgehead atoms. The molecule has 0 saturated carbocycles. The number of aliphatic hydroxyl groups excluding tert-OH is 1. The fraction of sp³-hybridized carbons (Fsp3) is 0.529. The summed E-state index contributed by atoms with van der Waals surface area (Å²) in [7, 11) is 3.43. The van der Waals surface area contributed by atoms with Crippen LogP contribution in [0.4, 0.5) is 0 Å².